The molecule has 0 aromatic heterocycles. The number of aryl methyl sites for hydroxylation is 2. The number of halogens is 2. The van der Waals surface area contributed by atoms with Crippen molar-refractivity contribution in [3.63, 3.8) is 0 Å². The van der Waals surface area contributed by atoms with Crippen molar-refractivity contribution in [3.05, 3.63) is 69.5 Å². The SMILES string of the molecule is Cc1ccc(C)c(CC(CN)c2c(F)cccc2Cl)c1. The first kappa shape index (κ1) is 15.0. The summed E-state index contributed by atoms with van der Waals surface area (Å²) in [6.07, 6.45) is 0.699. The van der Waals surface area contributed by atoms with Crippen molar-refractivity contribution in [1.82, 2.24) is 0 Å². The van der Waals surface area contributed by atoms with Crippen molar-refractivity contribution in [2.75, 3.05) is 6.54 Å². The molecule has 0 heterocycles. The molecule has 0 spiro atoms. The fraction of sp³-hybridized carbons (Fsp3) is 0.294. The van der Waals surface area contributed by atoms with Gasteiger partial charge in [0.15, 0.2) is 0 Å². The van der Waals surface area contributed by atoms with Gasteiger partial charge >= 0.3 is 0 Å². The summed E-state index contributed by atoms with van der Waals surface area (Å²) >= 11 is 6.14. The minimum atomic E-state index is -0.279. The predicted molar refractivity (Wildman–Crippen MR) is 82.8 cm³/mol. The van der Waals surface area contributed by atoms with E-state index in [4.69, 9.17) is 17.3 Å². The Morgan fingerprint density at radius 2 is 1.95 bits per heavy atom. The summed E-state index contributed by atoms with van der Waals surface area (Å²) in [6, 6.07) is 11.1. The summed E-state index contributed by atoms with van der Waals surface area (Å²) in [6.45, 7) is 4.48. The van der Waals surface area contributed by atoms with Gasteiger partial charge in [0, 0.05) is 16.5 Å². The van der Waals surface area contributed by atoms with Crippen LogP contribution in [-0.2, 0) is 6.42 Å². The lowest BCUT2D eigenvalue weighted by atomic mass is 9.89. The van der Waals surface area contributed by atoms with Gasteiger partial charge in [0.25, 0.3) is 0 Å². The second-order valence-corrected chi connectivity index (χ2v) is 5.61. The van der Waals surface area contributed by atoms with Crippen LogP contribution in [0.1, 0.15) is 28.2 Å². The van der Waals surface area contributed by atoms with Crippen LogP contribution in [0.15, 0.2) is 36.4 Å². The monoisotopic (exact) mass is 291 g/mol. The molecular formula is C17H19ClFN. The molecule has 0 fully saturated rings. The second kappa shape index (κ2) is 6.38. The molecule has 2 N–H and O–H groups in total. The maximum atomic E-state index is 14.0. The smallest absolute Gasteiger partial charge is 0.128 e. The van der Waals surface area contributed by atoms with E-state index in [0.717, 1.165) is 0 Å². The van der Waals surface area contributed by atoms with E-state index in [1.165, 1.54) is 22.8 Å². The fourth-order valence-electron chi connectivity index (χ4n) is 2.49. The lowest BCUT2D eigenvalue weighted by molar-refractivity contribution is 0.575. The molecule has 2 aromatic carbocycles. The Kier molecular flexibility index (Phi) is 4.79. The number of rotatable bonds is 4. The maximum absolute atomic E-state index is 14.0. The van der Waals surface area contributed by atoms with Gasteiger partial charge in [-0.3, -0.25) is 0 Å². The molecule has 2 rings (SSSR count). The van der Waals surface area contributed by atoms with Crippen molar-refractivity contribution < 1.29 is 4.39 Å². The minimum Gasteiger partial charge on any atom is -0.330 e. The Morgan fingerprint density at radius 1 is 1.20 bits per heavy atom. The first-order valence-corrected chi connectivity index (χ1v) is 7.10. The van der Waals surface area contributed by atoms with Gasteiger partial charge in [0.2, 0.25) is 0 Å². The number of benzene rings is 2. The Morgan fingerprint density at radius 3 is 2.60 bits per heavy atom. The Labute approximate surface area is 124 Å². The van der Waals surface area contributed by atoms with Crippen LogP contribution < -0.4 is 5.73 Å². The van der Waals surface area contributed by atoms with Crippen LogP contribution in [0, 0.1) is 19.7 Å². The molecule has 0 aliphatic rings. The van der Waals surface area contributed by atoms with Crippen LogP contribution in [0.25, 0.3) is 0 Å². The summed E-state index contributed by atoms with van der Waals surface area (Å²) in [5.74, 6) is -0.387. The number of nitrogens with two attached hydrogens (primary N) is 1. The van der Waals surface area contributed by atoms with Crippen molar-refractivity contribution in [2.24, 2.45) is 5.73 Å². The van der Waals surface area contributed by atoms with Crippen LogP contribution >= 0.6 is 11.6 Å². The fourth-order valence-corrected chi connectivity index (χ4v) is 2.81. The zero-order valence-corrected chi connectivity index (χ0v) is 12.5. The molecule has 1 unspecified atom stereocenters. The highest BCUT2D eigenvalue weighted by molar-refractivity contribution is 6.31. The van der Waals surface area contributed by atoms with Crippen LogP contribution in [0.3, 0.4) is 0 Å². The van der Waals surface area contributed by atoms with Gasteiger partial charge in [0.05, 0.1) is 0 Å². The zero-order valence-electron chi connectivity index (χ0n) is 11.8. The van der Waals surface area contributed by atoms with Crippen LogP contribution in [-0.4, -0.2) is 6.54 Å². The average molecular weight is 292 g/mol. The molecule has 1 atom stereocenters. The highest BCUT2D eigenvalue weighted by atomic mass is 35.5. The van der Waals surface area contributed by atoms with Gasteiger partial charge < -0.3 is 5.73 Å². The van der Waals surface area contributed by atoms with Gasteiger partial charge in [-0.15, -0.1) is 0 Å². The van der Waals surface area contributed by atoms with Gasteiger partial charge in [-0.05, 0) is 50.1 Å². The maximum Gasteiger partial charge on any atom is 0.128 e. The molecule has 20 heavy (non-hydrogen) atoms. The normalized spacial score (nSPS) is 12.4. The lowest BCUT2D eigenvalue weighted by Gasteiger charge is -2.19. The largest absolute Gasteiger partial charge is 0.330 e. The van der Waals surface area contributed by atoms with Crippen molar-refractivity contribution >= 4 is 11.6 Å². The third-order valence-electron chi connectivity index (χ3n) is 3.66. The summed E-state index contributed by atoms with van der Waals surface area (Å²) < 4.78 is 14.0. The molecule has 0 saturated carbocycles. The van der Waals surface area contributed by atoms with Gasteiger partial charge in [0.1, 0.15) is 5.82 Å². The third-order valence-corrected chi connectivity index (χ3v) is 3.99. The Hall–Kier alpha value is -1.38. The molecule has 0 aliphatic heterocycles. The van der Waals surface area contributed by atoms with E-state index < -0.39 is 0 Å². The predicted octanol–water partition coefficient (Wildman–Crippen LogP) is 4.38. The summed E-state index contributed by atoms with van der Waals surface area (Å²) in [4.78, 5) is 0. The van der Waals surface area contributed by atoms with Crippen molar-refractivity contribution in [2.45, 2.75) is 26.2 Å². The molecule has 0 aliphatic carbocycles. The first-order chi connectivity index (χ1) is 9.52. The molecule has 0 bridgehead atoms. The Bertz CT molecular complexity index is 590. The van der Waals surface area contributed by atoms with Crippen LogP contribution in [0.5, 0.6) is 0 Å². The second-order valence-electron chi connectivity index (χ2n) is 5.20. The highest BCUT2D eigenvalue weighted by Gasteiger charge is 2.19. The molecule has 3 heteroatoms. The average Bonchev–Trinajstić information content (AvgIpc) is 2.41. The van der Waals surface area contributed by atoms with Crippen LogP contribution in [0.4, 0.5) is 4.39 Å². The molecular weight excluding hydrogens is 273 g/mol. The van der Waals surface area contributed by atoms with E-state index in [1.54, 1.807) is 12.1 Å². The number of hydrogen-bond acceptors (Lipinski definition) is 1. The highest BCUT2D eigenvalue weighted by Crippen LogP contribution is 2.30. The quantitative estimate of drug-likeness (QED) is 0.889. The van der Waals surface area contributed by atoms with E-state index in [1.807, 2.05) is 0 Å². The van der Waals surface area contributed by atoms with Gasteiger partial charge in [-0.1, -0.05) is 41.4 Å². The van der Waals surface area contributed by atoms with E-state index in [0.29, 0.717) is 23.6 Å². The molecule has 1 nitrogen and oxygen atoms in total. The van der Waals surface area contributed by atoms with Crippen LogP contribution in [0.2, 0.25) is 5.02 Å². The number of hydrogen-bond donors (Lipinski definition) is 1. The zero-order chi connectivity index (χ0) is 14.7. The topological polar surface area (TPSA) is 26.0 Å². The third kappa shape index (κ3) is 3.20. The van der Waals surface area contributed by atoms with Gasteiger partial charge in [-0.2, -0.15) is 0 Å². The summed E-state index contributed by atoms with van der Waals surface area (Å²) in [5.41, 5.74) is 9.96. The summed E-state index contributed by atoms with van der Waals surface area (Å²) in [7, 11) is 0. The van der Waals surface area contributed by atoms with Gasteiger partial charge in [-0.25, -0.2) is 4.39 Å². The van der Waals surface area contributed by atoms with Crippen molar-refractivity contribution in [1.29, 1.82) is 0 Å². The van der Waals surface area contributed by atoms with E-state index >= 15 is 0 Å². The van der Waals surface area contributed by atoms with E-state index in [9.17, 15) is 4.39 Å². The van der Waals surface area contributed by atoms with E-state index in [-0.39, 0.29) is 11.7 Å². The minimum absolute atomic E-state index is 0.107. The molecule has 0 saturated heterocycles. The Balaban J connectivity index is 2.36. The lowest BCUT2D eigenvalue weighted by Crippen LogP contribution is -2.17. The molecule has 106 valence electrons. The summed E-state index contributed by atoms with van der Waals surface area (Å²) in [5, 5.41) is 0.450. The van der Waals surface area contributed by atoms with Crippen molar-refractivity contribution in [3.8, 4) is 0 Å². The molecule has 0 radical (unpaired) electrons. The molecule has 2 aromatic rings. The standard InChI is InChI=1S/C17H19ClFN/c1-11-6-7-12(2)13(8-11)9-14(10-20)17-15(18)4-3-5-16(17)19/h3-8,14H,9-10,20H2,1-2H3. The van der Waals surface area contributed by atoms with E-state index in [2.05, 4.69) is 32.0 Å². The first-order valence-electron chi connectivity index (χ1n) is 6.73. The molecule has 0 amide bonds.